The molecule has 0 spiro atoms. The average molecular weight is 350 g/mol. The van der Waals surface area contributed by atoms with Crippen LogP contribution in [0.2, 0.25) is 0 Å². The zero-order valence-corrected chi connectivity index (χ0v) is 14.7. The lowest BCUT2D eigenvalue weighted by Crippen LogP contribution is -2.38. The van der Waals surface area contributed by atoms with Crippen molar-refractivity contribution in [2.24, 2.45) is 0 Å². The molecular weight excluding hydrogens is 330 g/mol. The molecule has 0 heterocycles. The van der Waals surface area contributed by atoms with E-state index in [1.54, 1.807) is 7.11 Å². The first-order valence-corrected chi connectivity index (χ1v) is 8.04. The number of alkyl halides is 1. The van der Waals surface area contributed by atoms with Crippen LogP contribution in [0.5, 0.6) is 5.75 Å². The summed E-state index contributed by atoms with van der Waals surface area (Å²) in [6.07, 6.45) is -0.224. The van der Waals surface area contributed by atoms with Crippen LogP contribution in [-0.2, 0) is 16.0 Å². The zero-order chi connectivity index (χ0) is 17.7. The third kappa shape index (κ3) is 4.38. The zero-order valence-electron chi connectivity index (χ0n) is 13.9. The largest absolute Gasteiger partial charge is 0.497 e. The summed E-state index contributed by atoms with van der Waals surface area (Å²) in [6, 6.07) is 11.7. The number of fused-ring (bicyclic) bond motifs is 1. The Hall–Kier alpha value is -2.27. The maximum Gasteiger partial charge on any atom is 0.418 e. The van der Waals surface area contributed by atoms with Gasteiger partial charge in [-0.2, -0.15) is 0 Å². The molecule has 0 N–H and O–H groups in total. The molecule has 0 aliphatic rings. The Kier molecular flexibility index (Phi) is 6.04. The second kappa shape index (κ2) is 8.02. The Balaban J connectivity index is 2.22. The van der Waals surface area contributed by atoms with Gasteiger partial charge in [-0.3, -0.25) is 4.79 Å². The predicted octanol–water partition coefficient (Wildman–Crippen LogP) is 3.96. The summed E-state index contributed by atoms with van der Waals surface area (Å²) < 4.78 is 10.2. The van der Waals surface area contributed by atoms with Gasteiger partial charge >= 0.3 is 6.09 Å². The third-order valence-corrected chi connectivity index (χ3v) is 3.74. The highest BCUT2D eigenvalue weighted by molar-refractivity contribution is 6.20. The summed E-state index contributed by atoms with van der Waals surface area (Å²) in [4.78, 5) is 24.7. The predicted molar refractivity (Wildman–Crippen MR) is 93.4 cm³/mol. The molecule has 1 atom stereocenters. The SMILES string of the molecule is COc1ccc2cccc(CCN(C(C)=O)C(=O)OC(C)Cl)c2c1. The van der Waals surface area contributed by atoms with E-state index in [2.05, 4.69) is 0 Å². The van der Waals surface area contributed by atoms with Gasteiger partial charge in [0.2, 0.25) is 5.91 Å². The summed E-state index contributed by atoms with van der Waals surface area (Å²) in [7, 11) is 1.62. The van der Waals surface area contributed by atoms with Crippen LogP contribution in [0, 0.1) is 0 Å². The Morgan fingerprint density at radius 3 is 2.62 bits per heavy atom. The molecule has 1 unspecified atom stereocenters. The van der Waals surface area contributed by atoms with Crippen LogP contribution in [0.15, 0.2) is 36.4 Å². The highest BCUT2D eigenvalue weighted by Gasteiger charge is 2.21. The van der Waals surface area contributed by atoms with Crippen molar-refractivity contribution < 1.29 is 19.1 Å². The van der Waals surface area contributed by atoms with Crippen molar-refractivity contribution in [2.75, 3.05) is 13.7 Å². The maximum atomic E-state index is 12.0. The van der Waals surface area contributed by atoms with Crippen molar-refractivity contribution in [3.8, 4) is 5.75 Å². The second-order valence-electron chi connectivity index (χ2n) is 5.35. The van der Waals surface area contributed by atoms with E-state index in [1.807, 2.05) is 36.4 Å². The Labute approximate surface area is 146 Å². The molecule has 0 saturated heterocycles. The van der Waals surface area contributed by atoms with Gasteiger partial charge in [-0.15, -0.1) is 0 Å². The van der Waals surface area contributed by atoms with Crippen LogP contribution in [0.1, 0.15) is 19.4 Å². The van der Waals surface area contributed by atoms with Gasteiger partial charge in [0, 0.05) is 13.5 Å². The molecular formula is C18H20ClNO4. The molecule has 0 aliphatic heterocycles. The smallest absolute Gasteiger partial charge is 0.418 e. The molecule has 0 radical (unpaired) electrons. The summed E-state index contributed by atoms with van der Waals surface area (Å²) >= 11 is 5.66. The van der Waals surface area contributed by atoms with Crippen molar-refractivity contribution in [2.45, 2.75) is 25.8 Å². The fraction of sp³-hybridized carbons (Fsp3) is 0.333. The van der Waals surface area contributed by atoms with E-state index in [-0.39, 0.29) is 12.5 Å². The van der Waals surface area contributed by atoms with E-state index in [1.165, 1.54) is 13.8 Å². The average Bonchev–Trinajstić information content (AvgIpc) is 2.53. The van der Waals surface area contributed by atoms with Gasteiger partial charge in [0.05, 0.1) is 7.11 Å². The summed E-state index contributed by atoms with van der Waals surface area (Å²) in [5.74, 6) is 0.379. The van der Waals surface area contributed by atoms with E-state index in [9.17, 15) is 9.59 Å². The van der Waals surface area contributed by atoms with Gasteiger partial charge in [0.1, 0.15) is 5.75 Å². The molecule has 0 saturated carbocycles. The first kappa shape index (κ1) is 18.1. The molecule has 5 nitrogen and oxygen atoms in total. The normalized spacial score (nSPS) is 11.8. The van der Waals surface area contributed by atoms with Crippen molar-refractivity contribution >= 4 is 34.4 Å². The molecule has 2 aromatic rings. The van der Waals surface area contributed by atoms with E-state index in [0.29, 0.717) is 6.42 Å². The minimum absolute atomic E-state index is 0.216. The number of hydrogen-bond acceptors (Lipinski definition) is 4. The van der Waals surface area contributed by atoms with Crippen molar-refractivity contribution in [1.82, 2.24) is 4.90 Å². The van der Waals surface area contributed by atoms with Crippen LogP contribution in [0.25, 0.3) is 10.8 Å². The number of amides is 2. The Morgan fingerprint density at radius 2 is 2.00 bits per heavy atom. The molecule has 0 bridgehead atoms. The Morgan fingerprint density at radius 1 is 1.25 bits per heavy atom. The van der Waals surface area contributed by atoms with E-state index in [0.717, 1.165) is 27.0 Å². The monoisotopic (exact) mass is 349 g/mol. The van der Waals surface area contributed by atoms with Gasteiger partial charge < -0.3 is 9.47 Å². The van der Waals surface area contributed by atoms with Gasteiger partial charge in [0.15, 0.2) is 5.56 Å². The maximum absolute atomic E-state index is 12.0. The lowest BCUT2D eigenvalue weighted by Gasteiger charge is -2.20. The van der Waals surface area contributed by atoms with Crippen LogP contribution in [0.4, 0.5) is 4.79 Å². The number of carbonyl (C=O) groups is 2. The molecule has 128 valence electrons. The van der Waals surface area contributed by atoms with E-state index in [4.69, 9.17) is 21.1 Å². The number of methoxy groups -OCH3 is 1. The molecule has 2 rings (SSSR count). The number of hydrogen-bond donors (Lipinski definition) is 0. The van der Waals surface area contributed by atoms with Gasteiger partial charge in [-0.25, -0.2) is 9.69 Å². The van der Waals surface area contributed by atoms with Gasteiger partial charge in [-0.05, 0) is 41.8 Å². The van der Waals surface area contributed by atoms with Crippen molar-refractivity contribution in [3.63, 3.8) is 0 Å². The number of ether oxygens (including phenoxy) is 2. The number of carbonyl (C=O) groups excluding carboxylic acids is 2. The van der Waals surface area contributed by atoms with Crippen LogP contribution >= 0.6 is 11.6 Å². The molecule has 0 aliphatic carbocycles. The summed E-state index contributed by atoms with van der Waals surface area (Å²) in [5, 5.41) is 2.10. The first-order valence-electron chi connectivity index (χ1n) is 7.61. The summed E-state index contributed by atoms with van der Waals surface area (Å²) in [6.45, 7) is 3.06. The highest BCUT2D eigenvalue weighted by atomic mass is 35.5. The third-order valence-electron chi connectivity index (χ3n) is 3.65. The molecule has 2 amide bonds. The number of rotatable bonds is 5. The van der Waals surface area contributed by atoms with Crippen molar-refractivity contribution in [1.29, 1.82) is 0 Å². The Bertz CT molecular complexity index is 745. The minimum Gasteiger partial charge on any atom is -0.497 e. The van der Waals surface area contributed by atoms with Crippen molar-refractivity contribution in [3.05, 3.63) is 42.0 Å². The molecule has 0 fully saturated rings. The second-order valence-corrected chi connectivity index (χ2v) is 5.97. The number of benzene rings is 2. The number of nitrogens with zero attached hydrogens (tertiary/aromatic N) is 1. The van der Waals surface area contributed by atoms with E-state index >= 15 is 0 Å². The number of imide groups is 1. The van der Waals surface area contributed by atoms with Crippen LogP contribution in [-0.4, -0.2) is 36.1 Å². The quantitative estimate of drug-likeness (QED) is 0.767. The number of halogens is 1. The van der Waals surface area contributed by atoms with Gasteiger partial charge in [-0.1, -0.05) is 35.9 Å². The fourth-order valence-electron chi connectivity index (χ4n) is 2.47. The highest BCUT2D eigenvalue weighted by Crippen LogP contribution is 2.24. The minimum atomic E-state index is -0.791. The lowest BCUT2D eigenvalue weighted by molar-refractivity contribution is -0.127. The molecule has 0 aromatic heterocycles. The fourth-order valence-corrected chi connectivity index (χ4v) is 2.55. The van der Waals surface area contributed by atoms with Gasteiger partial charge in [0.25, 0.3) is 0 Å². The molecule has 2 aromatic carbocycles. The molecule has 24 heavy (non-hydrogen) atoms. The van der Waals surface area contributed by atoms with Crippen LogP contribution in [0.3, 0.4) is 0 Å². The summed E-state index contributed by atoms with van der Waals surface area (Å²) in [5.41, 5.74) is 0.227. The lowest BCUT2D eigenvalue weighted by atomic mass is 10.0. The first-order chi connectivity index (χ1) is 11.4. The standard InChI is InChI=1S/C18H20ClNO4/c1-12(19)24-18(22)20(13(2)21)10-9-15-6-4-5-14-7-8-16(23-3)11-17(14)15/h4-8,11-12H,9-10H2,1-3H3. The molecule has 6 heteroatoms. The van der Waals surface area contributed by atoms with E-state index < -0.39 is 11.7 Å². The van der Waals surface area contributed by atoms with Crippen LogP contribution < -0.4 is 4.74 Å². The topological polar surface area (TPSA) is 55.8 Å².